The van der Waals surface area contributed by atoms with Gasteiger partial charge in [-0.05, 0) is 0 Å². The minimum absolute atomic E-state index is 0.401. The molecule has 0 amide bonds. The second-order valence-corrected chi connectivity index (χ2v) is 26.0. The summed E-state index contributed by atoms with van der Waals surface area (Å²) >= 11 is -2.23. The first-order valence-electron chi connectivity index (χ1n) is 9.68. The summed E-state index contributed by atoms with van der Waals surface area (Å²) in [6, 6.07) is 0. The Labute approximate surface area is 147 Å². The summed E-state index contributed by atoms with van der Waals surface area (Å²) in [7, 11) is -1.44. The van der Waals surface area contributed by atoms with E-state index in [0.717, 1.165) is 0 Å². The summed E-state index contributed by atoms with van der Waals surface area (Å²) in [6.45, 7) is 19.2. The van der Waals surface area contributed by atoms with E-state index >= 15 is 0 Å². The van der Waals surface area contributed by atoms with Gasteiger partial charge in [0, 0.05) is 0 Å². The summed E-state index contributed by atoms with van der Waals surface area (Å²) < 4.78 is 8.67. The molecule has 0 unspecified atom stereocenters. The zero-order valence-corrected chi connectivity index (χ0v) is 20.7. The maximum atomic E-state index is 4.11. The molecule has 0 spiro atoms. The first-order chi connectivity index (χ1) is 10.1. The molecule has 0 fully saturated rings. The molecule has 0 saturated carbocycles. The zero-order valence-electron chi connectivity index (χ0n) is 16.9. The van der Waals surface area contributed by atoms with Gasteiger partial charge in [0.15, 0.2) is 0 Å². The van der Waals surface area contributed by atoms with Crippen LogP contribution in [0, 0.1) is 9.48 Å². The quantitative estimate of drug-likeness (QED) is 0.264. The maximum absolute atomic E-state index is 4.11. The average Bonchev–Trinajstić information content (AvgIpc) is 2.44. The fraction of sp³-hybridized carbons (Fsp3) is 0.900. The van der Waals surface area contributed by atoms with Crippen molar-refractivity contribution in [2.75, 3.05) is 0 Å². The molecule has 2 heteroatoms. The van der Waals surface area contributed by atoms with E-state index in [2.05, 4.69) is 64.1 Å². The van der Waals surface area contributed by atoms with Gasteiger partial charge in [0.25, 0.3) is 0 Å². The van der Waals surface area contributed by atoms with Crippen LogP contribution in [0.5, 0.6) is 0 Å². The number of unbranched alkanes of at least 4 members (excludes halogenated alkanes) is 3. The Morgan fingerprint density at radius 2 is 1.14 bits per heavy atom. The van der Waals surface area contributed by atoms with Gasteiger partial charge in [-0.2, -0.15) is 0 Å². The van der Waals surface area contributed by atoms with E-state index in [1.807, 2.05) is 0 Å². The van der Waals surface area contributed by atoms with Crippen molar-refractivity contribution >= 4 is 26.5 Å². The van der Waals surface area contributed by atoms with Gasteiger partial charge >= 0.3 is 147 Å². The van der Waals surface area contributed by atoms with E-state index in [1.54, 1.807) is 0 Å². The van der Waals surface area contributed by atoms with E-state index in [9.17, 15) is 0 Å². The van der Waals surface area contributed by atoms with Crippen molar-refractivity contribution in [2.45, 2.75) is 112 Å². The van der Waals surface area contributed by atoms with E-state index in [0.29, 0.717) is 5.04 Å². The predicted molar refractivity (Wildman–Crippen MR) is 110 cm³/mol. The van der Waals surface area contributed by atoms with Crippen molar-refractivity contribution < 1.29 is 0 Å². The Hall–Kier alpha value is 0.576. The van der Waals surface area contributed by atoms with Gasteiger partial charge in [-0.1, -0.05) is 0 Å². The molecule has 0 radical (unpaired) electrons. The fourth-order valence-corrected chi connectivity index (χ4v) is 20.5. The molecule has 0 rings (SSSR count). The molecule has 0 saturated heterocycles. The normalized spacial score (nSPS) is 12.9. The van der Waals surface area contributed by atoms with Crippen molar-refractivity contribution in [3.8, 4) is 9.48 Å². The van der Waals surface area contributed by atoms with E-state index in [4.69, 9.17) is 0 Å². The third-order valence-electron chi connectivity index (χ3n) is 5.54. The minimum atomic E-state index is -2.23. The van der Waals surface area contributed by atoms with Gasteiger partial charge in [0.05, 0.1) is 0 Å². The molecule has 0 N–H and O–H groups in total. The van der Waals surface area contributed by atoms with Crippen molar-refractivity contribution in [2.24, 2.45) is 0 Å². The number of rotatable bonds is 9. The van der Waals surface area contributed by atoms with Gasteiger partial charge in [-0.25, -0.2) is 0 Å². The van der Waals surface area contributed by atoms with Crippen LogP contribution in [0.2, 0.25) is 31.4 Å². The molecule has 0 heterocycles. The second kappa shape index (κ2) is 10.4. The summed E-state index contributed by atoms with van der Waals surface area (Å²) in [4.78, 5) is 0. The Kier molecular flexibility index (Phi) is 10.7. The fourth-order valence-electron chi connectivity index (χ4n) is 2.58. The second-order valence-electron chi connectivity index (χ2n) is 8.72. The number of hydrogen-bond donors (Lipinski definition) is 0. The van der Waals surface area contributed by atoms with Crippen LogP contribution in [0.15, 0.2) is 0 Å². The standard InChI is InChI=1S/C8H15Si.3C4H9.Sn/c1-7-9(5,6)8(2,3)4;3*1-3-4-2;/h2-6H3;3*1,3-4H2,2H3;. The average molecular weight is 429 g/mol. The Morgan fingerprint density at radius 3 is 1.41 bits per heavy atom. The number of hydrogen-bond acceptors (Lipinski definition) is 0. The van der Waals surface area contributed by atoms with E-state index in [-0.39, 0.29) is 0 Å². The topological polar surface area (TPSA) is 0 Å². The zero-order chi connectivity index (χ0) is 17.3. The summed E-state index contributed by atoms with van der Waals surface area (Å²) in [6.07, 6.45) is 8.32. The molecular weight excluding hydrogens is 387 g/mol. The molecule has 0 atom stereocenters. The van der Waals surface area contributed by atoms with Crippen molar-refractivity contribution in [1.29, 1.82) is 0 Å². The van der Waals surface area contributed by atoms with Gasteiger partial charge in [-0.15, -0.1) is 0 Å². The molecule has 130 valence electrons. The van der Waals surface area contributed by atoms with E-state index < -0.39 is 26.5 Å². The molecule has 0 aromatic rings. The summed E-state index contributed by atoms with van der Waals surface area (Å²) in [5.74, 6) is 0. The van der Waals surface area contributed by atoms with Gasteiger partial charge in [0.2, 0.25) is 0 Å². The molecule has 0 aromatic heterocycles. The van der Waals surface area contributed by atoms with Crippen LogP contribution in [0.1, 0.15) is 80.1 Å². The molecule has 0 aliphatic carbocycles. The van der Waals surface area contributed by atoms with Gasteiger partial charge in [0.1, 0.15) is 0 Å². The van der Waals surface area contributed by atoms with Crippen LogP contribution >= 0.6 is 0 Å². The SMILES string of the molecule is CCC[CH2][Sn]([C]#C[Si](C)(C)C(C)(C)C)([CH2]CCC)[CH2]CCC. The Bertz CT molecular complexity index is 332. The summed E-state index contributed by atoms with van der Waals surface area (Å²) in [5.41, 5.74) is 3.95. The molecule has 22 heavy (non-hydrogen) atoms. The predicted octanol–water partition coefficient (Wildman–Crippen LogP) is 7.43. The first kappa shape index (κ1) is 22.6. The third kappa shape index (κ3) is 7.91. The first-order valence-corrected chi connectivity index (χ1v) is 20.2. The summed E-state index contributed by atoms with van der Waals surface area (Å²) in [5, 5.41) is 0.401. The third-order valence-corrected chi connectivity index (χ3v) is 23.8. The van der Waals surface area contributed by atoms with Crippen LogP contribution in [0.25, 0.3) is 0 Å². The van der Waals surface area contributed by atoms with Crippen LogP contribution in [-0.2, 0) is 0 Å². The van der Waals surface area contributed by atoms with E-state index in [1.165, 1.54) is 51.8 Å². The van der Waals surface area contributed by atoms with Gasteiger partial charge in [-0.3, -0.25) is 0 Å². The van der Waals surface area contributed by atoms with Crippen LogP contribution in [0.4, 0.5) is 0 Å². The Morgan fingerprint density at radius 1 is 0.773 bits per heavy atom. The van der Waals surface area contributed by atoms with Crippen molar-refractivity contribution in [3.05, 3.63) is 0 Å². The molecule has 0 aliphatic heterocycles. The van der Waals surface area contributed by atoms with Crippen LogP contribution in [0.3, 0.4) is 0 Å². The van der Waals surface area contributed by atoms with Gasteiger partial charge < -0.3 is 0 Å². The molecular formula is C20H42SiSn. The van der Waals surface area contributed by atoms with Crippen LogP contribution in [-0.4, -0.2) is 26.5 Å². The van der Waals surface area contributed by atoms with Crippen molar-refractivity contribution in [3.63, 3.8) is 0 Å². The Balaban J connectivity index is 5.42. The monoisotopic (exact) mass is 430 g/mol. The molecule has 0 aliphatic rings. The molecule has 0 nitrogen and oxygen atoms in total. The molecule has 0 bridgehead atoms. The van der Waals surface area contributed by atoms with Crippen molar-refractivity contribution in [1.82, 2.24) is 0 Å². The van der Waals surface area contributed by atoms with Crippen LogP contribution < -0.4 is 0 Å². The molecule has 0 aromatic carbocycles.